The van der Waals surface area contributed by atoms with Crippen LogP contribution in [0, 0.1) is 0 Å². The lowest BCUT2D eigenvalue weighted by atomic mass is 10.2. The van der Waals surface area contributed by atoms with Crippen molar-refractivity contribution >= 4 is 33.2 Å². The van der Waals surface area contributed by atoms with Crippen LogP contribution in [0.15, 0.2) is 59.5 Å². The minimum Gasteiger partial charge on any atom is -0.447 e. The van der Waals surface area contributed by atoms with Crippen molar-refractivity contribution in [1.82, 2.24) is 0 Å². The first kappa shape index (κ1) is 17.9. The van der Waals surface area contributed by atoms with Crippen molar-refractivity contribution in [3.05, 3.63) is 54.6 Å². The fourth-order valence-electron chi connectivity index (χ4n) is 2.55. The zero-order valence-electron chi connectivity index (χ0n) is 13.9. The van der Waals surface area contributed by atoms with Crippen LogP contribution in [0.2, 0.25) is 0 Å². The first-order valence-electron chi connectivity index (χ1n) is 8.08. The summed E-state index contributed by atoms with van der Waals surface area (Å²) in [4.78, 5) is 25.2. The lowest BCUT2D eigenvalue weighted by molar-refractivity contribution is -0.115. The Morgan fingerprint density at radius 3 is 2.38 bits per heavy atom. The van der Waals surface area contributed by atoms with E-state index < -0.39 is 21.8 Å². The van der Waals surface area contributed by atoms with Crippen LogP contribution in [0.4, 0.5) is 16.2 Å². The number of sulfone groups is 1. The second-order valence-corrected chi connectivity index (χ2v) is 7.85. The molecule has 8 heteroatoms. The maximum Gasteiger partial charge on any atom is 0.414 e. The number of carbonyl (C=O) groups excluding carboxylic acids is 2. The SMILES string of the molecule is O=C(CCS(=O)(=O)c1ccccc1)Nc1ccc(N2CCOC2=O)cc1. The summed E-state index contributed by atoms with van der Waals surface area (Å²) in [7, 11) is -3.49. The third kappa shape index (κ3) is 4.20. The van der Waals surface area contributed by atoms with Gasteiger partial charge in [0, 0.05) is 17.8 Å². The van der Waals surface area contributed by atoms with Crippen LogP contribution in [0.3, 0.4) is 0 Å². The predicted octanol–water partition coefficient (Wildman–Crippen LogP) is 2.45. The van der Waals surface area contributed by atoms with Gasteiger partial charge in [-0.05, 0) is 36.4 Å². The molecule has 0 bridgehead atoms. The molecule has 0 spiro atoms. The van der Waals surface area contributed by atoms with Crippen LogP contribution in [0.25, 0.3) is 0 Å². The van der Waals surface area contributed by atoms with Gasteiger partial charge in [-0.3, -0.25) is 9.69 Å². The molecule has 1 aliphatic heterocycles. The number of nitrogens with zero attached hydrogens (tertiary/aromatic N) is 1. The van der Waals surface area contributed by atoms with Gasteiger partial charge in [0.25, 0.3) is 0 Å². The van der Waals surface area contributed by atoms with Crippen LogP contribution in [-0.2, 0) is 19.4 Å². The van der Waals surface area contributed by atoms with E-state index in [1.807, 2.05) is 0 Å². The molecule has 0 aliphatic carbocycles. The summed E-state index contributed by atoms with van der Waals surface area (Å²) in [6.45, 7) is 0.842. The van der Waals surface area contributed by atoms with Gasteiger partial charge in [0.1, 0.15) is 6.61 Å². The molecule has 26 heavy (non-hydrogen) atoms. The third-order valence-electron chi connectivity index (χ3n) is 3.92. The van der Waals surface area contributed by atoms with Gasteiger partial charge in [-0.2, -0.15) is 0 Å². The molecule has 1 heterocycles. The number of amides is 2. The van der Waals surface area contributed by atoms with Crippen LogP contribution in [0.1, 0.15) is 6.42 Å². The van der Waals surface area contributed by atoms with Gasteiger partial charge in [-0.15, -0.1) is 0 Å². The minimum absolute atomic E-state index is 0.141. The summed E-state index contributed by atoms with van der Waals surface area (Å²) in [5, 5.41) is 2.66. The van der Waals surface area contributed by atoms with E-state index >= 15 is 0 Å². The average molecular weight is 374 g/mol. The summed E-state index contributed by atoms with van der Waals surface area (Å²) < 4.78 is 29.2. The zero-order valence-corrected chi connectivity index (χ0v) is 14.7. The first-order chi connectivity index (χ1) is 12.5. The molecular weight excluding hydrogens is 356 g/mol. The smallest absolute Gasteiger partial charge is 0.414 e. The number of cyclic esters (lactones) is 1. The maximum atomic E-state index is 12.2. The van der Waals surface area contributed by atoms with Crippen LogP contribution >= 0.6 is 0 Å². The molecular formula is C18H18N2O5S. The Bertz CT molecular complexity index is 895. The molecule has 0 radical (unpaired) electrons. The fraction of sp³-hybridized carbons (Fsp3) is 0.222. The Balaban J connectivity index is 1.56. The molecule has 1 N–H and O–H groups in total. The highest BCUT2D eigenvalue weighted by atomic mass is 32.2. The van der Waals surface area contributed by atoms with Crippen LogP contribution in [0.5, 0.6) is 0 Å². The number of hydrogen-bond acceptors (Lipinski definition) is 5. The van der Waals surface area contributed by atoms with Gasteiger partial charge >= 0.3 is 6.09 Å². The number of hydrogen-bond donors (Lipinski definition) is 1. The molecule has 2 aromatic carbocycles. The lowest BCUT2D eigenvalue weighted by Crippen LogP contribution is -2.23. The van der Waals surface area contributed by atoms with E-state index in [-0.39, 0.29) is 17.1 Å². The largest absolute Gasteiger partial charge is 0.447 e. The quantitative estimate of drug-likeness (QED) is 0.838. The molecule has 1 saturated heterocycles. The van der Waals surface area contributed by atoms with Crippen molar-refractivity contribution in [2.24, 2.45) is 0 Å². The molecule has 1 fully saturated rings. The van der Waals surface area contributed by atoms with Crippen molar-refractivity contribution in [3.8, 4) is 0 Å². The van der Waals surface area contributed by atoms with Crippen molar-refractivity contribution in [2.45, 2.75) is 11.3 Å². The van der Waals surface area contributed by atoms with E-state index in [0.29, 0.717) is 24.5 Å². The lowest BCUT2D eigenvalue weighted by Gasteiger charge is -2.13. The number of nitrogens with one attached hydrogen (secondary N) is 1. The molecule has 0 aromatic heterocycles. The second-order valence-electron chi connectivity index (χ2n) is 5.74. The summed E-state index contributed by atoms with van der Waals surface area (Å²) in [6, 6.07) is 14.7. The van der Waals surface area contributed by atoms with E-state index in [2.05, 4.69) is 5.32 Å². The highest BCUT2D eigenvalue weighted by Gasteiger charge is 2.23. The Morgan fingerprint density at radius 2 is 1.77 bits per heavy atom. The summed E-state index contributed by atoms with van der Waals surface area (Å²) in [5.74, 6) is -0.654. The summed E-state index contributed by atoms with van der Waals surface area (Å²) in [5.41, 5.74) is 1.21. The molecule has 136 valence electrons. The van der Waals surface area contributed by atoms with E-state index in [0.717, 1.165) is 0 Å². The second kappa shape index (κ2) is 7.57. The number of carbonyl (C=O) groups is 2. The minimum atomic E-state index is -3.49. The molecule has 2 amide bonds. The highest BCUT2D eigenvalue weighted by Crippen LogP contribution is 2.21. The van der Waals surface area contributed by atoms with E-state index in [9.17, 15) is 18.0 Å². The molecule has 0 unspecified atom stereocenters. The van der Waals surface area contributed by atoms with Gasteiger partial charge in [0.15, 0.2) is 9.84 Å². The van der Waals surface area contributed by atoms with Crippen molar-refractivity contribution in [3.63, 3.8) is 0 Å². The first-order valence-corrected chi connectivity index (χ1v) is 9.73. The van der Waals surface area contributed by atoms with Gasteiger partial charge in [-0.25, -0.2) is 13.2 Å². The predicted molar refractivity (Wildman–Crippen MR) is 96.9 cm³/mol. The summed E-state index contributed by atoms with van der Waals surface area (Å²) in [6.07, 6.45) is -0.537. The number of rotatable bonds is 6. The Labute approximate surface area is 151 Å². The summed E-state index contributed by atoms with van der Waals surface area (Å²) >= 11 is 0. The van der Waals surface area contributed by atoms with Crippen LogP contribution < -0.4 is 10.2 Å². The maximum absolute atomic E-state index is 12.2. The van der Waals surface area contributed by atoms with E-state index in [1.165, 1.54) is 17.0 Å². The standard InChI is InChI=1S/C18H18N2O5S/c21-17(10-13-26(23,24)16-4-2-1-3-5-16)19-14-6-8-15(9-7-14)20-11-12-25-18(20)22/h1-9H,10-13H2,(H,19,21). The Hall–Kier alpha value is -2.87. The molecule has 1 aliphatic rings. The molecule has 0 atom stereocenters. The monoisotopic (exact) mass is 374 g/mol. The van der Waals surface area contributed by atoms with Gasteiger partial charge in [0.2, 0.25) is 5.91 Å². The number of benzene rings is 2. The van der Waals surface area contributed by atoms with Gasteiger partial charge < -0.3 is 10.1 Å². The Kier molecular flexibility index (Phi) is 5.22. The average Bonchev–Trinajstić information content (AvgIpc) is 3.07. The molecule has 3 rings (SSSR count). The third-order valence-corrected chi connectivity index (χ3v) is 5.66. The van der Waals surface area contributed by atoms with E-state index in [4.69, 9.17) is 4.74 Å². The highest BCUT2D eigenvalue weighted by molar-refractivity contribution is 7.91. The van der Waals surface area contributed by atoms with Crippen molar-refractivity contribution < 1.29 is 22.7 Å². The van der Waals surface area contributed by atoms with Gasteiger partial charge in [-0.1, -0.05) is 18.2 Å². The van der Waals surface area contributed by atoms with Gasteiger partial charge in [0.05, 0.1) is 17.2 Å². The topological polar surface area (TPSA) is 92.8 Å². The number of anilines is 2. The van der Waals surface area contributed by atoms with Crippen LogP contribution in [-0.4, -0.2) is 39.3 Å². The van der Waals surface area contributed by atoms with E-state index in [1.54, 1.807) is 42.5 Å². The normalized spacial score (nSPS) is 14.2. The molecule has 2 aromatic rings. The van der Waals surface area contributed by atoms with Crippen molar-refractivity contribution in [2.75, 3.05) is 29.1 Å². The molecule has 0 saturated carbocycles. The zero-order chi connectivity index (χ0) is 18.6. The van der Waals surface area contributed by atoms with Crippen molar-refractivity contribution in [1.29, 1.82) is 0 Å². The fourth-order valence-corrected chi connectivity index (χ4v) is 3.81. The molecule has 7 nitrogen and oxygen atoms in total. The number of ether oxygens (including phenoxy) is 1. The Morgan fingerprint density at radius 1 is 1.08 bits per heavy atom.